The zero-order valence-corrected chi connectivity index (χ0v) is 18.6. The lowest BCUT2D eigenvalue weighted by atomic mass is 9.89. The predicted molar refractivity (Wildman–Crippen MR) is 126 cm³/mol. The lowest BCUT2D eigenvalue weighted by molar-refractivity contribution is 0.1000. The topological polar surface area (TPSA) is 57.2 Å². The summed E-state index contributed by atoms with van der Waals surface area (Å²) < 4.78 is 8.41. The molecule has 1 heterocycles. The number of hydrogen-bond acceptors (Lipinski definition) is 2. The van der Waals surface area contributed by atoms with E-state index in [9.17, 15) is 4.79 Å². The fraction of sp³-hybridized carbons (Fsp3) is 0.370. The molecule has 1 aliphatic carbocycles. The average Bonchev–Trinajstić information content (AvgIpc) is 3.07. The van der Waals surface area contributed by atoms with Crippen LogP contribution in [0.25, 0.3) is 11.1 Å². The van der Waals surface area contributed by atoms with Gasteiger partial charge < -0.3 is 15.0 Å². The Kier molecular flexibility index (Phi) is 6.45. The van der Waals surface area contributed by atoms with Crippen LogP contribution >= 0.6 is 0 Å². The number of amides is 1. The molecule has 1 amide bonds. The summed E-state index contributed by atoms with van der Waals surface area (Å²) >= 11 is 0. The van der Waals surface area contributed by atoms with Gasteiger partial charge in [0, 0.05) is 23.5 Å². The van der Waals surface area contributed by atoms with Gasteiger partial charge in [-0.25, -0.2) is 0 Å². The summed E-state index contributed by atoms with van der Waals surface area (Å²) in [6, 6.07) is 17.7. The van der Waals surface area contributed by atoms with Crippen molar-refractivity contribution in [3.8, 4) is 22.6 Å². The summed E-state index contributed by atoms with van der Waals surface area (Å²) in [5, 5.41) is 0. The zero-order valence-electron chi connectivity index (χ0n) is 18.6. The second kappa shape index (κ2) is 9.42. The van der Waals surface area contributed by atoms with Gasteiger partial charge in [0.2, 0.25) is 0 Å². The largest absolute Gasteiger partial charge is 0.457 e. The number of nitrogens with zero attached hydrogens (tertiary/aromatic N) is 1. The highest BCUT2D eigenvalue weighted by molar-refractivity contribution is 6.02. The number of carbonyl (C=O) groups is 1. The maximum Gasteiger partial charge on any atom is 0.251 e. The van der Waals surface area contributed by atoms with E-state index in [1.165, 1.54) is 37.8 Å². The number of nitrogens with two attached hydrogens (primary N) is 1. The van der Waals surface area contributed by atoms with Crippen LogP contribution in [0.5, 0.6) is 11.5 Å². The summed E-state index contributed by atoms with van der Waals surface area (Å²) in [4.78, 5) is 12.5. The zero-order chi connectivity index (χ0) is 21.8. The number of hydrogen-bond donors (Lipinski definition) is 1. The van der Waals surface area contributed by atoms with Crippen molar-refractivity contribution >= 4 is 5.91 Å². The first-order chi connectivity index (χ1) is 15.1. The van der Waals surface area contributed by atoms with E-state index in [2.05, 4.69) is 11.5 Å². The molecule has 2 N–H and O–H groups in total. The van der Waals surface area contributed by atoms with Crippen molar-refractivity contribution in [2.45, 2.75) is 58.9 Å². The molecule has 1 fully saturated rings. The summed E-state index contributed by atoms with van der Waals surface area (Å²) in [6.45, 7) is 5.16. The molecule has 31 heavy (non-hydrogen) atoms. The third-order valence-corrected chi connectivity index (χ3v) is 6.48. The molecule has 162 valence electrons. The lowest BCUT2D eigenvalue weighted by Gasteiger charge is -2.24. The second-order valence-corrected chi connectivity index (χ2v) is 8.56. The minimum atomic E-state index is -0.362. The molecule has 0 bridgehead atoms. The second-order valence-electron chi connectivity index (χ2n) is 8.56. The van der Waals surface area contributed by atoms with E-state index in [-0.39, 0.29) is 5.91 Å². The van der Waals surface area contributed by atoms with Gasteiger partial charge in [-0.05, 0) is 61.9 Å². The average molecular weight is 417 g/mol. The Morgan fingerprint density at radius 3 is 2.42 bits per heavy atom. The van der Waals surface area contributed by atoms with Gasteiger partial charge in [-0.1, -0.05) is 56.5 Å². The van der Waals surface area contributed by atoms with Crippen LogP contribution < -0.4 is 10.5 Å². The minimum absolute atomic E-state index is 0.362. The summed E-state index contributed by atoms with van der Waals surface area (Å²) in [7, 11) is 0. The van der Waals surface area contributed by atoms with Crippen molar-refractivity contribution in [1.82, 2.24) is 4.57 Å². The van der Waals surface area contributed by atoms with E-state index >= 15 is 0 Å². The molecule has 4 heteroatoms. The minimum Gasteiger partial charge on any atom is -0.457 e. The Labute approximate surface area is 185 Å². The number of benzene rings is 2. The smallest absolute Gasteiger partial charge is 0.251 e. The van der Waals surface area contributed by atoms with Crippen molar-refractivity contribution in [2.75, 3.05) is 0 Å². The van der Waals surface area contributed by atoms with Gasteiger partial charge in [-0.15, -0.1) is 0 Å². The molecule has 2 aromatic carbocycles. The van der Waals surface area contributed by atoms with Crippen LogP contribution in [0.1, 0.15) is 60.8 Å². The molecule has 0 radical (unpaired) electrons. The number of para-hydroxylation sites is 1. The normalized spacial score (nSPS) is 14.5. The Balaban J connectivity index is 1.75. The molecular weight excluding hydrogens is 384 g/mol. The van der Waals surface area contributed by atoms with E-state index in [0.29, 0.717) is 11.5 Å². The van der Waals surface area contributed by atoms with Crippen LogP contribution in [0.15, 0.2) is 54.6 Å². The maximum atomic E-state index is 12.5. The van der Waals surface area contributed by atoms with Gasteiger partial charge in [0.05, 0.1) is 5.56 Å². The summed E-state index contributed by atoms with van der Waals surface area (Å²) in [5.74, 6) is 1.85. The Morgan fingerprint density at radius 2 is 1.74 bits per heavy atom. The standard InChI is InChI=1S/C27H32N2O2/c1-3-24-26(21-13-10-16-23(17-21)31-22-14-8-5-9-15-22)25(27(28)30)19(2)29(24)18-20-11-6-4-7-12-20/h5,8-10,13-17,20H,3-4,6-7,11-12,18H2,1-2H3,(H2,28,30). The van der Waals surface area contributed by atoms with Crippen LogP contribution in [-0.2, 0) is 13.0 Å². The third-order valence-electron chi connectivity index (χ3n) is 6.48. The van der Waals surface area contributed by atoms with E-state index in [0.717, 1.165) is 41.3 Å². The highest BCUT2D eigenvalue weighted by atomic mass is 16.5. The van der Waals surface area contributed by atoms with Crippen molar-refractivity contribution in [2.24, 2.45) is 11.7 Å². The summed E-state index contributed by atoms with van der Waals surface area (Å²) in [5.41, 5.74) is 10.7. The van der Waals surface area contributed by atoms with Gasteiger partial charge in [0.1, 0.15) is 11.5 Å². The number of aromatic nitrogens is 1. The van der Waals surface area contributed by atoms with Gasteiger partial charge in [-0.2, -0.15) is 0 Å². The molecule has 4 nitrogen and oxygen atoms in total. The molecule has 1 saturated carbocycles. The van der Waals surface area contributed by atoms with Crippen LogP contribution in [-0.4, -0.2) is 10.5 Å². The number of ether oxygens (including phenoxy) is 1. The molecule has 1 aromatic heterocycles. The van der Waals surface area contributed by atoms with Crippen molar-refractivity contribution in [1.29, 1.82) is 0 Å². The van der Waals surface area contributed by atoms with E-state index in [4.69, 9.17) is 10.5 Å². The van der Waals surface area contributed by atoms with Gasteiger partial charge >= 0.3 is 0 Å². The predicted octanol–water partition coefficient (Wildman–Crippen LogP) is 6.50. The van der Waals surface area contributed by atoms with Crippen molar-refractivity contribution in [3.05, 3.63) is 71.5 Å². The van der Waals surface area contributed by atoms with E-state index in [1.807, 2.05) is 61.5 Å². The Hall–Kier alpha value is -3.01. The number of carbonyl (C=O) groups excluding carboxylic acids is 1. The van der Waals surface area contributed by atoms with Crippen LogP contribution in [0.4, 0.5) is 0 Å². The lowest BCUT2D eigenvalue weighted by Crippen LogP contribution is -2.17. The number of rotatable bonds is 7. The van der Waals surface area contributed by atoms with E-state index < -0.39 is 0 Å². The van der Waals surface area contributed by atoms with Crippen LogP contribution in [0, 0.1) is 12.8 Å². The maximum absolute atomic E-state index is 12.5. The first-order valence-corrected chi connectivity index (χ1v) is 11.4. The monoisotopic (exact) mass is 416 g/mol. The molecule has 1 aliphatic rings. The molecule has 0 atom stereocenters. The van der Waals surface area contributed by atoms with Gasteiger partial charge in [-0.3, -0.25) is 4.79 Å². The van der Waals surface area contributed by atoms with Gasteiger partial charge in [0.25, 0.3) is 5.91 Å². The molecule has 4 rings (SSSR count). The highest BCUT2D eigenvalue weighted by Gasteiger charge is 2.26. The van der Waals surface area contributed by atoms with Crippen molar-refractivity contribution in [3.63, 3.8) is 0 Å². The molecular formula is C27H32N2O2. The molecule has 0 aliphatic heterocycles. The van der Waals surface area contributed by atoms with Gasteiger partial charge in [0.15, 0.2) is 0 Å². The SMILES string of the molecule is CCc1c(-c2cccc(Oc3ccccc3)c2)c(C(N)=O)c(C)n1CC1CCCCC1. The molecule has 0 unspecified atom stereocenters. The Bertz CT molecular complexity index is 1050. The van der Waals surface area contributed by atoms with Crippen molar-refractivity contribution < 1.29 is 9.53 Å². The molecule has 3 aromatic rings. The molecule has 0 spiro atoms. The fourth-order valence-electron chi connectivity index (χ4n) is 4.99. The molecule has 0 saturated heterocycles. The van der Waals surface area contributed by atoms with E-state index in [1.54, 1.807) is 0 Å². The fourth-order valence-corrected chi connectivity index (χ4v) is 4.99. The third kappa shape index (κ3) is 4.53. The Morgan fingerprint density at radius 1 is 1.03 bits per heavy atom. The summed E-state index contributed by atoms with van der Waals surface area (Å²) in [6.07, 6.45) is 7.33. The number of primary amides is 1. The highest BCUT2D eigenvalue weighted by Crippen LogP contribution is 2.37. The quantitative estimate of drug-likeness (QED) is 0.478. The van der Waals surface area contributed by atoms with Crippen LogP contribution in [0.3, 0.4) is 0 Å². The first kappa shape index (κ1) is 21.2. The van der Waals surface area contributed by atoms with Crippen LogP contribution in [0.2, 0.25) is 0 Å². The first-order valence-electron chi connectivity index (χ1n) is 11.4.